The van der Waals surface area contributed by atoms with E-state index in [9.17, 15) is 4.79 Å². The van der Waals surface area contributed by atoms with Crippen molar-refractivity contribution in [3.63, 3.8) is 0 Å². The molecule has 2 aromatic carbocycles. The molecule has 0 unspecified atom stereocenters. The van der Waals surface area contributed by atoms with E-state index in [0.717, 1.165) is 35.7 Å². The van der Waals surface area contributed by atoms with Crippen molar-refractivity contribution in [3.05, 3.63) is 89.0 Å². The van der Waals surface area contributed by atoms with Gasteiger partial charge < -0.3 is 9.80 Å². The van der Waals surface area contributed by atoms with Crippen LogP contribution in [0.3, 0.4) is 0 Å². The van der Waals surface area contributed by atoms with E-state index >= 15 is 0 Å². The van der Waals surface area contributed by atoms with Gasteiger partial charge in [-0.05, 0) is 43.3 Å². The number of rotatable bonds is 6. The molecule has 0 aliphatic carbocycles. The molecule has 0 saturated carbocycles. The Morgan fingerprint density at radius 3 is 2.43 bits per heavy atom. The van der Waals surface area contributed by atoms with Crippen LogP contribution < -0.4 is 4.90 Å². The van der Waals surface area contributed by atoms with E-state index in [1.165, 1.54) is 11.8 Å². The lowest BCUT2D eigenvalue weighted by atomic mass is 10.2. The van der Waals surface area contributed by atoms with E-state index in [-0.39, 0.29) is 5.91 Å². The number of carbonyl (C=O) groups is 1. The van der Waals surface area contributed by atoms with Crippen molar-refractivity contribution in [1.82, 2.24) is 29.9 Å². The highest BCUT2D eigenvalue weighted by atomic mass is 35.5. The van der Waals surface area contributed by atoms with Crippen molar-refractivity contribution in [3.8, 4) is 5.69 Å². The van der Waals surface area contributed by atoms with Crippen molar-refractivity contribution in [2.24, 2.45) is 0 Å². The third-order valence-electron chi connectivity index (χ3n) is 5.86. The number of hydrogen-bond acceptors (Lipinski definition) is 7. The number of hydrogen-bond donors (Lipinski definition) is 0. The van der Waals surface area contributed by atoms with Gasteiger partial charge in [-0.2, -0.15) is 0 Å². The Morgan fingerprint density at radius 2 is 1.71 bits per heavy atom. The Balaban J connectivity index is 1.37. The van der Waals surface area contributed by atoms with Crippen LogP contribution in [0.1, 0.15) is 21.7 Å². The highest BCUT2D eigenvalue weighted by Crippen LogP contribution is 2.25. The number of benzene rings is 2. The second kappa shape index (κ2) is 10.5. The zero-order valence-electron chi connectivity index (χ0n) is 19.2. The number of aryl methyl sites for hydroxylation is 1. The molecular weight excluding hydrogens is 482 g/mol. The van der Waals surface area contributed by atoms with Crippen LogP contribution in [0.2, 0.25) is 5.02 Å². The van der Waals surface area contributed by atoms with E-state index < -0.39 is 0 Å². The summed E-state index contributed by atoms with van der Waals surface area (Å²) in [4.78, 5) is 26.2. The number of aromatic nitrogens is 5. The van der Waals surface area contributed by atoms with Crippen molar-refractivity contribution in [1.29, 1.82) is 0 Å². The SMILES string of the molecule is Cc1ccc(-n2nnc(C(=O)N3CCN(c4cccc(Cl)c4)CC3)c2CSc2ncccn2)cc1. The molecule has 1 saturated heterocycles. The molecule has 8 nitrogen and oxygen atoms in total. The molecule has 178 valence electrons. The summed E-state index contributed by atoms with van der Waals surface area (Å²) in [5.74, 6) is 0.354. The summed E-state index contributed by atoms with van der Waals surface area (Å²) in [6.45, 7) is 4.67. The molecule has 2 aromatic heterocycles. The summed E-state index contributed by atoms with van der Waals surface area (Å²) in [6, 6.07) is 17.6. The number of thioether (sulfide) groups is 1. The third-order valence-corrected chi connectivity index (χ3v) is 6.99. The van der Waals surface area contributed by atoms with Gasteiger partial charge in [0.05, 0.1) is 11.4 Å². The highest BCUT2D eigenvalue weighted by Gasteiger charge is 2.28. The molecule has 0 atom stereocenters. The van der Waals surface area contributed by atoms with Crippen LogP contribution in [0, 0.1) is 6.92 Å². The van der Waals surface area contributed by atoms with Gasteiger partial charge in [0.15, 0.2) is 10.9 Å². The van der Waals surface area contributed by atoms with Crippen molar-refractivity contribution < 1.29 is 4.79 Å². The Labute approximate surface area is 212 Å². The van der Waals surface area contributed by atoms with Gasteiger partial charge in [0.2, 0.25) is 0 Å². The van der Waals surface area contributed by atoms with Crippen LogP contribution in [-0.2, 0) is 5.75 Å². The number of carbonyl (C=O) groups excluding carboxylic acids is 1. The summed E-state index contributed by atoms with van der Waals surface area (Å²) in [5.41, 5.74) is 4.17. The molecule has 1 amide bonds. The van der Waals surface area contributed by atoms with Gasteiger partial charge in [-0.1, -0.05) is 52.3 Å². The molecule has 4 aromatic rings. The highest BCUT2D eigenvalue weighted by molar-refractivity contribution is 7.98. The quantitative estimate of drug-likeness (QED) is 0.286. The van der Waals surface area contributed by atoms with Crippen LogP contribution in [-0.4, -0.2) is 61.9 Å². The second-order valence-corrected chi connectivity index (χ2v) is 9.59. The zero-order valence-corrected chi connectivity index (χ0v) is 20.8. The molecule has 0 bridgehead atoms. The van der Waals surface area contributed by atoms with Gasteiger partial charge in [0.1, 0.15) is 0 Å². The normalized spacial score (nSPS) is 13.8. The van der Waals surface area contributed by atoms with Crippen LogP contribution in [0.5, 0.6) is 0 Å². The molecule has 5 rings (SSSR count). The van der Waals surface area contributed by atoms with Crippen molar-refractivity contribution >= 4 is 35.0 Å². The molecule has 0 N–H and O–H groups in total. The smallest absolute Gasteiger partial charge is 0.276 e. The van der Waals surface area contributed by atoms with Crippen LogP contribution in [0.15, 0.2) is 72.1 Å². The molecule has 1 fully saturated rings. The number of piperazine rings is 1. The molecule has 1 aliphatic heterocycles. The largest absolute Gasteiger partial charge is 0.368 e. The molecule has 1 aliphatic rings. The lowest BCUT2D eigenvalue weighted by Gasteiger charge is -2.36. The first-order chi connectivity index (χ1) is 17.1. The average molecular weight is 506 g/mol. The third kappa shape index (κ3) is 5.31. The predicted molar refractivity (Wildman–Crippen MR) is 137 cm³/mol. The van der Waals surface area contributed by atoms with Crippen LogP contribution in [0.25, 0.3) is 5.69 Å². The van der Waals surface area contributed by atoms with Crippen molar-refractivity contribution in [2.75, 3.05) is 31.1 Å². The van der Waals surface area contributed by atoms with E-state index in [4.69, 9.17) is 11.6 Å². The van der Waals surface area contributed by atoms with Gasteiger partial charge in [-0.25, -0.2) is 14.6 Å². The Kier molecular flexibility index (Phi) is 6.96. The van der Waals surface area contributed by atoms with E-state index in [0.29, 0.717) is 34.7 Å². The maximum absolute atomic E-state index is 13.6. The number of halogens is 1. The van der Waals surface area contributed by atoms with Gasteiger partial charge in [-0.15, -0.1) is 5.10 Å². The molecule has 0 radical (unpaired) electrons. The minimum atomic E-state index is -0.112. The average Bonchev–Trinajstić information content (AvgIpc) is 3.32. The van der Waals surface area contributed by atoms with Gasteiger partial charge in [0.25, 0.3) is 5.91 Å². The molecule has 3 heterocycles. The van der Waals surface area contributed by atoms with Crippen LogP contribution >= 0.6 is 23.4 Å². The second-order valence-electron chi connectivity index (χ2n) is 8.21. The first kappa shape index (κ1) is 23.3. The van der Waals surface area contributed by atoms with E-state index in [1.54, 1.807) is 23.1 Å². The summed E-state index contributed by atoms with van der Waals surface area (Å²) in [7, 11) is 0. The minimum absolute atomic E-state index is 0.112. The summed E-state index contributed by atoms with van der Waals surface area (Å²) >= 11 is 7.61. The number of anilines is 1. The molecule has 35 heavy (non-hydrogen) atoms. The predicted octanol–water partition coefficient (Wildman–Crippen LogP) is 4.27. The molecule has 0 spiro atoms. The molecule has 10 heteroatoms. The fourth-order valence-corrected chi connectivity index (χ4v) is 4.95. The minimum Gasteiger partial charge on any atom is -0.368 e. The maximum atomic E-state index is 13.6. The number of amides is 1. The topological polar surface area (TPSA) is 80.0 Å². The fourth-order valence-electron chi connectivity index (χ4n) is 3.97. The monoisotopic (exact) mass is 505 g/mol. The number of nitrogens with zero attached hydrogens (tertiary/aromatic N) is 7. The van der Waals surface area contributed by atoms with Crippen molar-refractivity contribution in [2.45, 2.75) is 17.8 Å². The van der Waals surface area contributed by atoms with Crippen LogP contribution in [0.4, 0.5) is 5.69 Å². The van der Waals surface area contributed by atoms with E-state index in [2.05, 4.69) is 25.2 Å². The standard InChI is InChI=1S/C25H24ClN7OS/c1-18-6-8-20(9-7-18)33-22(17-35-25-27-10-3-11-28-25)23(29-30-33)24(34)32-14-12-31(13-15-32)21-5-2-4-19(26)16-21/h2-11,16H,12-15,17H2,1H3. The first-order valence-corrected chi connectivity index (χ1v) is 12.7. The maximum Gasteiger partial charge on any atom is 0.276 e. The summed E-state index contributed by atoms with van der Waals surface area (Å²) in [5, 5.41) is 10.0. The first-order valence-electron chi connectivity index (χ1n) is 11.3. The van der Waals surface area contributed by atoms with Gasteiger partial charge >= 0.3 is 0 Å². The lowest BCUT2D eigenvalue weighted by Crippen LogP contribution is -2.49. The van der Waals surface area contributed by atoms with Gasteiger partial charge in [0, 0.05) is 55.0 Å². The summed E-state index contributed by atoms with van der Waals surface area (Å²) in [6.07, 6.45) is 3.41. The Hall–Kier alpha value is -3.43. The summed E-state index contributed by atoms with van der Waals surface area (Å²) < 4.78 is 1.74. The Bertz CT molecular complexity index is 1310. The lowest BCUT2D eigenvalue weighted by molar-refractivity contribution is 0.0740. The fraction of sp³-hybridized carbons (Fsp3) is 0.240. The van der Waals surface area contributed by atoms with Gasteiger partial charge in [-0.3, -0.25) is 4.79 Å². The zero-order chi connectivity index (χ0) is 24.2. The van der Waals surface area contributed by atoms with E-state index in [1.807, 2.05) is 60.4 Å². The Morgan fingerprint density at radius 1 is 0.971 bits per heavy atom. The molecular formula is C25H24ClN7OS.